The Morgan fingerprint density at radius 3 is 2.44 bits per heavy atom. The van der Waals surface area contributed by atoms with Crippen molar-refractivity contribution in [3.05, 3.63) is 69.2 Å². The van der Waals surface area contributed by atoms with E-state index >= 15 is 0 Å². The van der Waals surface area contributed by atoms with Crippen molar-refractivity contribution in [3.8, 4) is 0 Å². The van der Waals surface area contributed by atoms with Crippen LogP contribution in [0.25, 0.3) is 10.9 Å². The predicted molar refractivity (Wildman–Crippen MR) is 82.9 cm³/mol. The van der Waals surface area contributed by atoms with Gasteiger partial charge in [-0.15, -0.1) is 0 Å². The summed E-state index contributed by atoms with van der Waals surface area (Å²) in [6.45, 7) is 0.896. The number of hydrogen-bond acceptors (Lipinski definition) is 0. The summed E-state index contributed by atoms with van der Waals surface area (Å²) in [5.41, 5.74) is 2.56. The summed E-state index contributed by atoms with van der Waals surface area (Å²) >= 11 is 7.05. The number of fused-ring (bicyclic) bond motifs is 1. The summed E-state index contributed by atoms with van der Waals surface area (Å²) in [4.78, 5) is 0. The predicted octanol–water partition coefficient (Wildman–Crippen LogP) is 5.21. The van der Waals surface area contributed by atoms with E-state index in [-0.39, 0.29) is 0 Å². The first-order valence-electron chi connectivity index (χ1n) is 5.72. The van der Waals surface area contributed by atoms with Crippen LogP contribution in [0, 0.1) is 0 Å². The molecule has 0 saturated carbocycles. The highest BCUT2D eigenvalue weighted by Crippen LogP contribution is 2.25. The van der Waals surface area contributed by atoms with Gasteiger partial charge in [-0.05, 0) is 35.9 Å². The third kappa shape index (κ3) is 2.25. The molecule has 0 aliphatic carbocycles. The zero-order valence-corrected chi connectivity index (χ0v) is 12.8. The van der Waals surface area contributed by atoms with Crippen LogP contribution in [0.1, 0.15) is 5.56 Å². The van der Waals surface area contributed by atoms with E-state index < -0.39 is 0 Å². The second-order valence-corrected chi connectivity index (χ2v) is 6.01. The van der Waals surface area contributed by atoms with Crippen LogP contribution in [-0.2, 0) is 6.54 Å². The van der Waals surface area contributed by atoms with Gasteiger partial charge in [0.05, 0.1) is 0 Å². The Hall–Kier alpha value is -1.06. The van der Waals surface area contributed by atoms with Crippen molar-refractivity contribution in [2.24, 2.45) is 0 Å². The van der Waals surface area contributed by atoms with E-state index in [1.165, 1.54) is 16.5 Å². The van der Waals surface area contributed by atoms with Crippen molar-refractivity contribution in [2.45, 2.75) is 6.54 Å². The standard InChI is InChI=1S/C15H11Br2N/c16-12-6-4-11(5-7-12)10-18-9-8-13-14(17)2-1-3-15(13)18/h1-9H,10H2. The van der Waals surface area contributed by atoms with Gasteiger partial charge in [-0.3, -0.25) is 0 Å². The fourth-order valence-corrected chi connectivity index (χ4v) is 2.86. The lowest BCUT2D eigenvalue weighted by Crippen LogP contribution is -1.97. The van der Waals surface area contributed by atoms with Gasteiger partial charge in [-0.25, -0.2) is 0 Å². The molecule has 0 fully saturated rings. The Labute approximate surface area is 123 Å². The molecule has 0 atom stereocenters. The van der Waals surface area contributed by atoms with Crippen LogP contribution in [-0.4, -0.2) is 4.57 Å². The lowest BCUT2D eigenvalue weighted by molar-refractivity contribution is 0.836. The molecule has 0 aliphatic rings. The van der Waals surface area contributed by atoms with E-state index in [2.05, 4.69) is 91.2 Å². The lowest BCUT2D eigenvalue weighted by atomic mass is 10.2. The van der Waals surface area contributed by atoms with Crippen LogP contribution in [0.15, 0.2) is 63.7 Å². The highest BCUT2D eigenvalue weighted by atomic mass is 79.9. The minimum atomic E-state index is 0.896. The van der Waals surface area contributed by atoms with Gasteiger partial charge in [-0.1, -0.05) is 50.1 Å². The van der Waals surface area contributed by atoms with Gasteiger partial charge in [0.2, 0.25) is 0 Å². The Kier molecular flexibility index (Phi) is 3.27. The van der Waals surface area contributed by atoms with E-state index in [4.69, 9.17) is 0 Å². The Morgan fingerprint density at radius 1 is 0.889 bits per heavy atom. The molecule has 3 heteroatoms. The normalized spacial score (nSPS) is 11.0. The van der Waals surface area contributed by atoms with E-state index in [1.807, 2.05) is 0 Å². The molecule has 0 radical (unpaired) electrons. The van der Waals surface area contributed by atoms with Gasteiger partial charge in [0.15, 0.2) is 0 Å². The minimum Gasteiger partial charge on any atom is -0.343 e. The highest BCUT2D eigenvalue weighted by Gasteiger charge is 2.04. The summed E-state index contributed by atoms with van der Waals surface area (Å²) in [5, 5.41) is 1.26. The summed E-state index contributed by atoms with van der Waals surface area (Å²) in [7, 11) is 0. The Balaban J connectivity index is 2.00. The molecule has 0 aliphatic heterocycles. The van der Waals surface area contributed by atoms with Crippen molar-refractivity contribution >= 4 is 42.8 Å². The molecule has 0 saturated heterocycles. The number of hydrogen-bond donors (Lipinski definition) is 0. The largest absolute Gasteiger partial charge is 0.343 e. The first-order valence-corrected chi connectivity index (χ1v) is 7.30. The van der Waals surface area contributed by atoms with Crippen LogP contribution in [0.3, 0.4) is 0 Å². The number of aromatic nitrogens is 1. The van der Waals surface area contributed by atoms with Crippen molar-refractivity contribution in [2.75, 3.05) is 0 Å². The van der Waals surface area contributed by atoms with Crippen LogP contribution in [0.2, 0.25) is 0 Å². The Morgan fingerprint density at radius 2 is 1.67 bits per heavy atom. The highest BCUT2D eigenvalue weighted by molar-refractivity contribution is 9.11. The molecule has 3 aromatic rings. The Bertz CT molecular complexity index is 683. The maximum Gasteiger partial charge on any atom is 0.0494 e. The fourth-order valence-electron chi connectivity index (χ4n) is 2.11. The second kappa shape index (κ2) is 4.90. The number of halogens is 2. The summed E-state index contributed by atoms with van der Waals surface area (Å²) in [5.74, 6) is 0. The van der Waals surface area contributed by atoms with Crippen LogP contribution in [0.4, 0.5) is 0 Å². The van der Waals surface area contributed by atoms with E-state index in [0.29, 0.717) is 0 Å². The molecule has 1 heterocycles. The molecule has 0 bridgehead atoms. The van der Waals surface area contributed by atoms with Crippen LogP contribution in [0.5, 0.6) is 0 Å². The number of nitrogens with zero attached hydrogens (tertiary/aromatic N) is 1. The molecule has 2 aromatic carbocycles. The molecule has 1 aromatic heterocycles. The third-order valence-electron chi connectivity index (χ3n) is 3.03. The van der Waals surface area contributed by atoms with Gasteiger partial charge >= 0.3 is 0 Å². The quantitative estimate of drug-likeness (QED) is 0.587. The lowest BCUT2D eigenvalue weighted by Gasteiger charge is -2.06. The molecule has 0 unspecified atom stereocenters. The monoisotopic (exact) mass is 363 g/mol. The zero-order valence-electron chi connectivity index (χ0n) is 9.61. The molecule has 0 amide bonds. The molecule has 90 valence electrons. The van der Waals surface area contributed by atoms with E-state index in [9.17, 15) is 0 Å². The molecular weight excluding hydrogens is 354 g/mol. The average Bonchev–Trinajstić information content (AvgIpc) is 2.77. The van der Waals surface area contributed by atoms with Crippen molar-refractivity contribution < 1.29 is 0 Å². The molecular formula is C15H11Br2N. The topological polar surface area (TPSA) is 4.93 Å². The van der Waals surface area contributed by atoms with Gasteiger partial charge in [0.1, 0.15) is 0 Å². The maximum atomic E-state index is 3.59. The van der Waals surface area contributed by atoms with Crippen molar-refractivity contribution in [1.29, 1.82) is 0 Å². The van der Waals surface area contributed by atoms with Gasteiger partial charge in [0, 0.05) is 32.6 Å². The maximum absolute atomic E-state index is 3.59. The summed E-state index contributed by atoms with van der Waals surface area (Å²) < 4.78 is 4.53. The summed E-state index contributed by atoms with van der Waals surface area (Å²) in [6.07, 6.45) is 2.14. The molecule has 3 rings (SSSR count). The first-order chi connectivity index (χ1) is 8.74. The van der Waals surface area contributed by atoms with Gasteiger partial charge in [-0.2, -0.15) is 0 Å². The fraction of sp³-hybridized carbons (Fsp3) is 0.0667. The third-order valence-corrected chi connectivity index (χ3v) is 4.25. The van der Waals surface area contributed by atoms with Crippen molar-refractivity contribution in [3.63, 3.8) is 0 Å². The molecule has 0 N–H and O–H groups in total. The SMILES string of the molecule is Brc1ccc(Cn2ccc3c(Br)cccc32)cc1. The number of rotatable bonds is 2. The van der Waals surface area contributed by atoms with Crippen LogP contribution < -0.4 is 0 Å². The first kappa shape index (κ1) is 12.0. The van der Waals surface area contributed by atoms with E-state index in [1.54, 1.807) is 0 Å². The smallest absolute Gasteiger partial charge is 0.0494 e. The van der Waals surface area contributed by atoms with Crippen LogP contribution >= 0.6 is 31.9 Å². The number of benzene rings is 2. The molecule has 0 spiro atoms. The van der Waals surface area contributed by atoms with Crippen molar-refractivity contribution in [1.82, 2.24) is 4.57 Å². The average molecular weight is 365 g/mol. The summed E-state index contributed by atoms with van der Waals surface area (Å²) in [6, 6.07) is 16.9. The molecule has 18 heavy (non-hydrogen) atoms. The van der Waals surface area contributed by atoms with Gasteiger partial charge in [0.25, 0.3) is 0 Å². The van der Waals surface area contributed by atoms with Gasteiger partial charge < -0.3 is 4.57 Å². The minimum absolute atomic E-state index is 0.896. The second-order valence-electron chi connectivity index (χ2n) is 4.24. The molecule has 1 nitrogen and oxygen atoms in total. The zero-order chi connectivity index (χ0) is 12.5. The van der Waals surface area contributed by atoms with E-state index in [0.717, 1.165) is 15.5 Å².